The number of alkyl halides is 1. The molecule has 6 heteroatoms. The first kappa shape index (κ1) is 19.9. The van der Waals surface area contributed by atoms with Crippen molar-refractivity contribution in [3.63, 3.8) is 0 Å². The Labute approximate surface area is 173 Å². The molecule has 1 aliphatic carbocycles. The number of nitrogens with one attached hydrogen (secondary N) is 1. The summed E-state index contributed by atoms with van der Waals surface area (Å²) in [6.45, 7) is 1.61. The smallest absolute Gasteiger partial charge is 0.253 e. The molecule has 1 N–H and O–H groups in total. The molecule has 1 aromatic carbocycles. The fourth-order valence-corrected chi connectivity index (χ4v) is 4.92. The van der Waals surface area contributed by atoms with Gasteiger partial charge >= 0.3 is 0 Å². The van der Waals surface area contributed by atoms with Gasteiger partial charge in [0.2, 0.25) is 0 Å². The van der Waals surface area contributed by atoms with E-state index in [1.54, 1.807) is 0 Å². The van der Waals surface area contributed by atoms with E-state index >= 15 is 0 Å². The molecule has 0 unspecified atom stereocenters. The van der Waals surface area contributed by atoms with E-state index < -0.39 is 5.67 Å². The van der Waals surface area contributed by atoms with Crippen LogP contribution in [0.1, 0.15) is 55.3 Å². The zero-order valence-electron chi connectivity index (χ0n) is 16.2. The zero-order chi connectivity index (χ0) is 19.6. The highest BCUT2D eigenvalue weighted by Crippen LogP contribution is 2.32. The van der Waals surface area contributed by atoms with Crippen molar-refractivity contribution in [3.05, 3.63) is 34.4 Å². The summed E-state index contributed by atoms with van der Waals surface area (Å²) >= 11 is 3.60. The summed E-state index contributed by atoms with van der Waals surface area (Å²) < 4.78 is 22.3. The standard InChI is InChI=1S/C22H28BrFN2O2/c23-18-8-5-9-19-20(18)17(13-26(19)11-10-22(24)14-28-15-22)21(27)25-12-16-6-3-1-2-4-7-16/h5,8-9,13,16H,1-4,6-7,10-12,14-15H2,(H,25,27). The first-order valence-electron chi connectivity index (χ1n) is 10.4. The summed E-state index contributed by atoms with van der Waals surface area (Å²) in [6, 6.07) is 5.89. The maximum absolute atomic E-state index is 14.4. The van der Waals surface area contributed by atoms with E-state index in [0.29, 0.717) is 24.4 Å². The molecule has 0 spiro atoms. The number of fused-ring (bicyclic) bond motifs is 1. The number of benzene rings is 1. The van der Waals surface area contributed by atoms with Crippen LogP contribution in [0, 0.1) is 5.92 Å². The maximum Gasteiger partial charge on any atom is 0.253 e. The van der Waals surface area contributed by atoms with Crippen molar-refractivity contribution in [1.29, 1.82) is 0 Å². The normalized spacial score (nSPS) is 19.9. The minimum absolute atomic E-state index is 0.0400. The molecular formula is C22H28BrFN2O2. The molecule has 152 valence electrons. The predicted molar refractivity (Wildman–Crippen MR) is 112 cm³/mol. The van der Waals surface area contributed by atoms with Gasteiger partial charge in [-0.2, -0.15) is 0 Å². The molecule has 2 aromatic rings. The van der Waals surface area contributed by atoms with Gasteiger partial charge in [-0.05, 0) is 30.9 Å². The second-order valence-corrected chi connectivity index (χ2v) is 9.19. The molecule has 1 saturated heterocycles. The third-order valence-corrected chi connectivity index (χ3v) is 6.81. The molecule has 1 aliphatic heterocycles. The Balaban J connectivity index is 1.51. The van der Waals surface area contributed by atoms with Crippen LogP contribution in [0.15, 0.2) is 28.9 Å². The van der Waals surface area contributed by atoms with Gasteiger partial charge in [-0.15, -0.1) is 0 Å². The minimum Gasteiger partial charge on any atom is -0.375 e. The fourth-order valence-electron chi connectivity index (χ4n) is 4.35. The number of hydrogen-bond donors (Lipinski definition) is 1. The average Bonchev–Trinajstić information content (AvgIpc) is 2.85. The summed E-state index contributed by atoms with van der Waals surface area (Å²) in [7, 11) is 0. The molecule has 4 nitrogen and oxygen atoms in total. The number of carbonyl (C=O) groups excluding carboxylic acids is 1. The molecule has 1 saturated carbocycles. The number of aromatic nitrogens is 1. The van der Waals surface area contributed by atoms with E-state index in [2.05, 4.69) is 21.2 Å². The van der Waals surface area contributed by atoms with Gasteiger partial charge in [0.05, 0.1) is 18.8 Å². The Hall–Kier alpha value is -1.40. The van der Waals surface area contributed by atoms with E-state index in [9.17, 15) is 9.18 Å². The van der Waals surface area contributed by atoms with Crippen molar-refractivity contribution in [2.75, 3.05) is 19.8 Å². The highest BCUT2D eigenvalue weighted by Gasteiger charge is 2.38. The molecule has 1 amide bonds. The Morgan fingerprint density at radius 3 is 2.68 bits per heavy atom. The van der Waals surface area contributed by atoms with E-state index in [1.807, 2.05) is 29.0 Å². The van der Waals surface area contributed by atoms with Crippen molar-refractivity contribution < 1.29 is 13.9 Å². The van der Waals surface area contributed by atoms with Crippen molar-refractivity contribution in [3.8, 4) is 0 Å². The number of rotatable bonds is 6. The van der Waals surface area contributed by atoms with E-state index in [-0.39, 0.29) is 19.1 Å². The summed E-state index contributed by atoms with van der Waals surface area (Å²) in [6.07, 6.45) is 9.82. The second-order valence-electron chi connectivity index (χ2n) is 8.33. The van der Waals surface area contributed by atoms with Gasteiger partial charge in [0.25, 0.3) is 5.91 Å². The van der Waals surface area contributed by atoms with E-state index in [1.165, 1.54) is 38.5 Å². The minimum atomic E-state index is -1.23. The van der Waals surface area contributed by atoms with Crippen molar-refractivity contribution in [1.82, 2.24) is 9.88 Å². The van der Waals surface area contributed by atoms with Crippen LogP contribution in [0.3, 0.4) is 0 Å². The Bertz CT molecular complexity index is 838. The van der Waals surface area contributed by atoms with Crippen LogP contribution in [-0.4, -0.2) is 35.9 Å². The highest BCUT2D eigenvalue weighted by atomic mass is 79.9. The molecular weight excluding hydrogens is 423 g/mol. The summed E-state index contributed by atoms with van der Waals surface area (Å²) in [5.74, 6) is 0.537. The topological polar surface area (TPSA) is 43.3 Å². The lowest BCUT2D eigenvalue weighted by atomic mass is 10.0. The average molecular weight is 451 g/mol. The van der Waals surface area contributed by atoms with Crippen LogP contribution in [0.25, 0.3) is 10.9 Å². The SMILES string of the molecule is O=C(NCC1CCCCCC1)c1cn(CCC2(F)COC2)c2cccc(Br)c12. The summed E-state index contributed by atoms with van der Waals surface area (Å²) in [5.41, 5.74) is 0.386. The number of aryl methyl sites for hydroxylation is 1. The van der Waals surface area contributed by atoms with Gasteiger partial charge < -0.3 is 14.6 Å². The molecule has 28 heavy (non-hydrogen) atoms. The number of nitrogens with zero attached hydrogens (tertiary/aromatic N) is 1. The zero-order valence-corrected chi connectivity index (χ0v) is 17.8. The van der Waals surface area contributed by atoms with E-state index in [0.717, 1.165) is 21.9 Å². The molecule has 0 atom stereocenters. The molecule has 4 rings (SSSR count). The van der Waals surface area contributed by atoms with Crippen molar-refractivity contribution in [2.24, 2.45) is 5.92 Å². The first-order valence-corrected chi connectivity index (χ1v) is 11.2. The van der Waals surface area contributed by atoms with E-state index in [4.69, 9.17) is 4.74 Å². The van der Waals surface area contributed by atoms with Gasteiger partial charge in [-0.3, -0.25) is 4.79 Å². The van der Waals surface area contributed by atoms with Gasteiger partial charge in [-0.25, -0.2) is 4.39 Å². The number of amides is 1. The van der Waals surface area contributed by atoms with Crippen LogP contribution in [0.5, 0.6) is 0 Å². The molecule has 2 fully saturated rings. The van der Waals surface area contributed by atoms with Gasteiger partial charge in [0, 0.05) is 41.1 Å². The molecule has 2 aliphatic rings. The Morgan fingerprint density at radius 1 is 1.25 bits per heavy atom. The highest BCUT2D eigenvalue weighted by molar-refractivity contribution is 9.10. The van der Waals surface area contributed by atoms with Crippen LogP contribution >= 0.6 is 15.9 Å². The van der Waals surface area contributed by atoms with Crippen LogP contribution in [0.2, 0.25) is 0 Å². The van der Waals surface area contributed by atoms with Crippen molar-refractivity contribution >= 4 is 32.7 Å². The van der Waals surface area contributed by atoms with Gasteiger partial charge in [0.1, 0.15) is 0 Å². The third kappa shape index (κ3) is 4.28. The Kier molecular flexibility index (Phi) is 6.07. The van der Waals surface area contributed by atoms with Crippen LogP contribution < -0.4 is 5.32 Å². The largest absolute Gasteiger partial charge is 0.375 e. The monoisotopic (exact) mass is 450 g/mol. The lowest BCUT2D eigenvalue weighted by Crippen LogP contribution is -2.46. The van der Waals surface area contributed by atoms with Crippen molar-refractivity contribution in [2.45, 2.75) is 57.2 Å². The van der Waals surface area contributed by atoms with Gasteiger partial charge in [0.15, 0.2) is 5.67 Å². The number of hydrogen-bond acceptors (Lipinski definition) is 2. The third-order valence-electron chi connectivity index (χ3n) is 6.15. The van der Waals surface area contributed by atoms with Crippen LogP contribution in [-0.2, 0) is 11.3 Å². The van der Waals surface area contributed by atoms with Crippen LogP contribution in [0.4, 0.5) is 4.39 Å². The molecule has 2 heterocycles. The summed E-state index contributed by atoms with van der Waals surface area (Å²) in [5, 5.41) is 4.06. The first-order chi connectivity index (χ1) is 13.6. The number of carbonyl (C=O) groups is 1. The fraction of sp³-hybridized carbons (Fsp3) is 0.591. The van der Waals surface area contributed by atoms with Gasteiger partial charge in [-0.1, -0.05) is 47.7 Å². The molecule has 0 radical (unpaired) electrons. The molecule has 1 aromatic heterocycles. The predicted octanol–water partition coefficient (Wildman–Crippen LogP) is 5.23. The lowest BCUT2D eigenvalue weighted by molar-refractivity contribution is -0.134. The number of halogens is 2. The second kappa shape index (κ2) is 8.54. The maximum atomic E-state index is 14.4. The quantitative estimate of drug-likeness (QED) is 0.611. The molecule has 0 bridgehead atoms. The lowest BCUT2D eigenvalue weighted by Gasteiger charge is -2.33. The summed E-state index contributed by atoms with van der Waals surface area (Å²) in [4.78, 5) is 13.0. The number of ether oxygens (including phenoxy) is 1. The Morgan fingerprint density at radius 2 is 2.00 bits per heavy atom.